The van der Waals surface area contributed by atoms with Crippen LogP contribution in [0.2, 0.25) is 0 Å². The van der Waals surface area contributed by atoms with E-state index in [2.05, 4.69) is 0 Å². The van der Waals surface area contributed by atoms with Crippen LogP contribution in [0.1, 0.15) is 33.3 Å². The second kappa shape index (κ2) is 5.66. The van der Waals surface area contributed by atoms with Gasteiger partial charge in [-0.15, -0.1) is 0 Å². The highest BCUT2D eigenvalue weighted by Crippen LogP contribution is 2.33. The summed E-state index contributed by atoms with van der Waals surface area (Å²) < 4.78 is 11.0. The third-order valence-electron chi connectivity index (χ3n) is 3.50. The highest BCUT2D eigenvalue weighted by molar-refractivity contribution is 5.69. The first kappa shape index (κ1) is 15.8. The zero-order chi connectivity index (χ0) is 15.7. The summed E-state index contributed by atoms with van der Waals surface area (Å²) in [6, 6.07) is 8.56. The Balaban J connectivity index is 2.22. The van der Waals surface area contributed by atoms with E-state index in [4.69, 9.17) is 9.47 Å². The maximum Gasteiger partial charge on any atom is 0.410 e. The molecule has 0 spiro atoms. The summed E-state index contributed by atoms with van der Waals surface area (Å²) in [5.74, 6) is -1.52. The molecule has 116 valence electrons. The third kappa shape index (κ3) is 3.36. The minimum atomic E-state index is -1.52. The monoisotopic (exact) mass is 293 g/mol. The molecule has 0 bridgehead atoms. The smallest absolute Gasteiger partial charge is 0.410 e. The number of hydrogen-bond donors (Lipinski definition) is 1. The number of ether oxygens (including phenoxy) is 2. The van der Waals surface area contributed by atoms with Crippen LogP contribution in [0.25, 0.3) is 0 Å². The number of aliphatic hydroxyl groups is 1. The fraction of sp³-hybridized carbons (Fsp3) is 0.562. The molecule has 1 aliphatic heterocycles. The fourth-order valence-electron chi connectivity index (χ4n) is 2.40. The van der Waals surface area contributed by atoms with Crippen LogP contribution in [0.15, 0.2) is 30.3 Å². The molecule has 1 amide bonds. The Morgan fingerprint density at radius 3 is 2.57 bits per heavy atom. The standard InChI is InChI=1S/C16H23NO4/c1-12-16(19,13-8-6-5-7-9-13)20-11-10-17(12)14(18)21-15(2,3)4/h5-9,12,19H,10-11H2,1-4H3. The van der Waals surface area contributed by atoms with Gasteiger partial charge in [-0.2, -0.15) is 0 Å². The highest BCUT2D eigenvalue weighted by atomic mass is 16.6. The molecule has 0 aromatic heterocycles. The Morgan fingerprint density at radius 1 is 1.38 bits per heavy atom. The van der Waals surface area contributed by atoms with Gasteiger partial charge in [0.25, 0.3) is 0 Å². The second-order valence-electron chi connectivity index (χ2n) is 6.26. The number of benzene rings is 1. The van der Waals surface area contributed by atoms with E-state index < -0.39 is 23.5 Å². The number of carbonyl (C=O) groups is 1. The largest absolute Gasteiger partial charge is 0.444 e. The predicted octanol–water partition coefficient (Wildman–Crippen LogP) is 2.49. The van der Waals surface area contributed by atoms with E-state index in [0.29, 0.717) is 12.1 Å². The first-order chi connectivity index (χ1) is 9.74. The van der Waals surface area contributed by atoms with Crippen molar-refractivity contribution in [3.63, 3.8) is 0 Å². The van der Waals surface area contributed by atoms with Gasteiger partial charge in [0.1, 0.15) is 5.60 Å². The van der Waals surface area contributed by atoms with Crippen LogP contribution in [-0.2, 0) is 15.3 Å². The molecule has 1 heterocycles. The van der Waals surface area contributed by atoms with Gasteiger partial charge in [-0.05, 0) is 27.7 Å². The molecule has 1 saturated heterocycles. The second-order valence-corrected chi connectivity index (χ2v) is 6.26. The van der Waals surface area contributed by atoms with Gasteiger partial charge in [0.15, 0.2) is 0 Å². The molecular formula is C16H23NO4. The highest BCUT2D eigenvalue weighted by Gasteiger charge is 2.46. The van der Waals surface area contributed by atoms with Crippen LogP contribution in [0.4, 0.5) is 4.79 Å². The molecular weight excluding hydrogens is 270 g/mol. The predicted molar refractivity (Wildman–Crippen MR) is 78.7 cm³/mol. The molecule has 0 saturated carbocycles. The van der Waals surface area contributed by atoms with Crippen LogP contribution in [0, 0.1) is 0 Å². The van der Waals surface area contributed by atoms with E-state index in [1.165, 1.54) is 4.90 Å². The van der Waals surface area contributed by atoms with E-state index in [-0.39, 0.29) is 6.61 Å². The van der Waals surface area contributed by atoms with Gasteiger partial charge in [0, 0.05) is 12.1 Å². The first-order valence-electron chi connectivity index (χ1n) is 7.15. The van der Waals surface area contributed by atoms with Crippen molar-refractivity contribution in [2.45, 2.75) is 45.1 Å². The van der Waals surface area contributed by atoms with Crippen molar-refractivity contribution in [1.29, 1.82) is 0 Å². The summed E-state index contributed by atoms with van der Waals surface area (Å²) in [5, 5.41) is 10.9. The zero-order valence-electron chi connectivity index (χ0n) is 13.0. The lowest BCUT2D eigenvalue weighted by Gasteiger charge is -2.45. The van der Waals surface area contributed by atoms with Gasteiger partial charge in [-0.3, -0.25) is 4.90 Å². The molecule has 2 unspecified atom stereocenters. The van der Waals surface area contributed by atoms with Crippen molar-refractivity contribution in [2.24, 2.45) is 0 Å². The lowest BCUT2D eigenvalue weighted by molar-refractivity contribution is -0.269. The van der Waals surface area contributed by atoms with Crippen molar-refractivity contribution in [2.75, 3.05) is 13.2 Å². The average molecular weight is 293 g/mol. The Bertz CT molecular complexity index is 497. The lowest BCUT2D eigenvalue weighted by Crippen LogP contribution is -2.59. The van der Waals surface area contributed by atoms with Crippen molar-refractivity contribution >= 4 is 6.09 Å². The number of hydrogen-bond acceptors (Lipinski definition) is 4. The maximum absolute atomic E-state index is 12.3. The van der Waals surface area contributed by atoms with Crippen molar-refractivity contribution in [1.82, 2.24) is 4.90 Å². The minimum absolute atomic E-state index is 0.259. The topological polar surface area (TPSA) is 59.0 Å². The van der Waals surface area contributed by atoms with Crippen LogP contribution < -0.4 is 0 Å². The molecule has 2 atom stereocenters. The first-order valence-corrected chi connectivity index (χ1v) is 7.15. The van der Waals surface area contributed by atoms with Gasteiger partial charge in [-0.25, -0.2) is 4.79 Å². The molecule has 1 aromatic carbocycles. The van der Waals surface area contributed by atoms with Gasteiger partial charge in [0.2, 0.25) is 5.79 Å². The van der Waals surface area contributed by atoms with Crippen LogP contribution >= 0.6 is 0 Å². The van der Waals surface area contributed by atoms with Crippen molar-refractivity contribution in [3.8, 4) is 0 Å². The van der Waals surface area contributed by atoms with Crippen LogP contribution in [0.3, 0.4) is 0 Å². The number of morpholine rings is 1. The molecule has 0 radical (unpaired) electrons. The number of amides is 1. The van der Waals surface area contributed by atoms with Crippen molar-refractivity contribution in [3.05, 3.63) is 35.9 Å². The SMILES string of the molecule is CC1N(C(=O)OC(C)(C)C)CCOC1(O)c1ccccc1. The van der Waals surface area contributed by atoms with E-state index in [9.17, 15) is 9.90 Å². The van der Waals surface area contributed by atoms with Gasteiger partial charge < -0.3 is 14.6 Å². The summed E-state index contributed by atoms with van der Waals surface area (Å²) in [7, 11) is 0. The molecule has 2 rings (SSSR count). The molecule has 1 aliphatic rings. The van der Waals surface area contributed by atoms with Gasteiger partial charge in [-0.1, -0.05) is 30.3 Å². The Morgan fingerprint density at radius 2 is 2.00 bits per heavy atom. The van der Waals surface area contributed by atoms with E-state index in [0.717, 1.165) is 0 Å². The molecule has 5 nitrogen and oxygen atoms in total. The van der Waals surface area contributed by atoms with Gasteiger partial charge >= 0.3 is 6.09 Å². The van der Waals surface area contributed by atoms with Crippen LogP contribution in [-0.4, -0.2) is 40.9 Å². The number of nitrogens with zero attached hydrogens (tertiary/aromatic N) is 1. The van der Waals surface area contributed by atoms with Gasteiger partial charge in [0.05, 0.1) is 12.6 Å². The molecule has 1 aromatic rings. The zero-order valence-corrected chi connectivity index (χ0v) is 13.0. The normalized spacial score (nSPS) is 26.5. The van der Waals surface area contributed by atoms with Crippen LogP contribution in [0.5, 0.6) is 0 Å². The van der Waals surface area contributed by atoms with E-state index in [1.807, 2.05) is 39.0 Å². The maximum atomic E-state index is 12.3. The summed E-state index contributed by atoms with van der Waals surface area (Å²) in [6.07, 6.45) is -0.437. The number of rotatable bonds is 1. The average Bonchev–Trinajstić information content (AvgIpc) is 2.41. The summed E-state index contributed by atoms with van der Waals surface area (Å²) in [5.41, 5.74) is 0.0609. The van der Waals surface area contributed by atoms with E-state index >= 15 is 0 Å². The number of carbonyl (C=O) groups excluding carboxylic acids is 1. The van der Waals surface area contributed by atoms with E-state index in [1.54, 1.807) is 19.1 Å². The Hall–Kier alpha value is -1.59. The molecule has 21 heavy (non-hydrogen) atoms. The third-order valence-corrected chi connectivity index (χ3v) is 3.50. The fourth-order valence-corrected chi connectivity index (χ4v) is 2.40. The molecule has 0 aliphatic carbocycles. The Labute approximate surface area is 125 Å². The molecule has 5 heteroatoms. The summed E-state index contributed by atoms with van der Waals surface area (Å²) in [6.45, 7) is 7.87. The Kier molecular flexibility index (Phi) is 4.25. The minimum Gasteiger partial charge on any atom is -0.444 e. The lowest BCUT2D eigenvalue weighted by atomic mass is 9.96. The molecule has 1 N–H and O–H groups in total. The van der Waals surface area contributed by atoms with Crippen molar-refractivity contribution < 1.29 is 19.4 Å². The summed E-state index contributed by atoms with van der Waals surface area (Å²) in [4.78, 5) is 13.8. The molecule has 1 fully saturated rings. The summed E-state index contributed by atoms with van der Waals surface area (Å²) >= 11 is 0. The quantitative estimate of drug-likeness (QED) is 0.864.